The van der Waals surface area contributed by atoms with Gasteiger partial charge in [-0.2, -0.15) is 5.10 Å². The second kappa shape index (κ2) is 2.05. The van der Waals surface area contributed by atoms with Gasteiger partial charge in [0.15, 0.2) is 0 Å². The zero-order valence-corrected chi connectivity index (χ0v) is 6.08. The maximum atomic E-state index is 12.9. The van der Waals surface area contributed by atoms with Crippen LogP contribution in [0.2, 0.25) is 0 Å². The van der Waals surface area contributed by atoms with Crippen LogP contribution in [-0.4, -0.2) is 9.78 Å². The Morgan fingerprint density at radius 1 is 1.45 bits per heavy atom. The molecule has 3 heteroatoms. The molecule has 0 unspecified atom stereocenters. The molecule has 2 nitrogen and oxygen atoms in total. The minimum atomic E-state index is -0.212. The van der Waals surface area contributed by atoms with Gasteiger partial charge in [0.25, 0.3) is 0 Å². The molecule has 0 aliphatic rings. The van der Waals surface area contributed by atoms with E-state index in [0.29, 0.717) is 5.39 Å². The molecule has 2 rings (SSSR count). The van der Waals surface area contributed by atoms with Crippen molar-refractivity contribution in [2.45, 2.75) is 0 Å². The number of aromatic nitrogens is 2. The average molecular weight is 150 g/mol. The first-order chi connectivity index (χ1) is 5.29. The highest BCUT2D eigenvalue weighted by Gasteiger charge is 2.02. The van der Waals surface area contributed by atoms with Crippen LogP contribution in [-0.2, 0) is 7.05 Å². The first-order valence-electron chi connectivity index (χ1n) is 3.35. The van der Waals surface area contributed by atoms with E-state index in [1.54, 1.807) is 17.8 Å². The summed E-state index contributed by atoms with van der Waals surface area (Å²) in [6.07, 6.45) is 1.53. The summed E-state index contributed by atoms with van der Waals surface area (Å²) in [5.41, 5.74) is 0.824. The van der Waals surface area contributed by atoms with Crippen molar-refractivity contribution >= 4 is 10.9 Å². The molecule has 0 aliphatic carbocycles. The molecule has 0 amide bonds. The third kappa shape index (κ3) is 0.808. The number of hydrogen-bond donors (Lipinski definition) is 0. The summed E-state index contributed by atoms with van der Waals surface area (Å²) in [5.74, 6) is -0.212. The van der Waals surface area contributed by atoms with Crippen LogP contribution in [0, 0.1) is 5.82 Å². The van der Waals surface area contributed by atoms with Crippen molar-refractivity contribution in [3.05, 3.63) is 30.2 Å². The molecule has 0 radical (unpaired) electrons. The van der Waals surface area contributed by atoms with Gasteiger partial charge in [-0.05, 0) is 12.1 Å². The molecular weight excluding hydrogens is 143 g/mol. The molecule has 0 bridgehead atoms. The van der Waals surface area contributed by atoms with Crippen LogP contribution < -0.4 is 0 Å². The van der Waals surface area contributed by atoms with E-state index >= 15 is 0 Å². The number of hydrogen-bond acceptors (Lipinski definition) is 1. The van der Waals surface area contributed by atoms with E-state index in [-0.39, 0.29) is 5.82 Å². The van der Waals surface area contributed by atoms with Crippen LogP contribution in [0.4, 0.5) is 4.39 Å². The van der Waals surface area contributed by atoms with Gasteiger partial charge >= 0.3 is 0 Å². The SMILES string of the molecule is Cn1ncc2c(F)cccc21. The van der Waals surface area contributed by atoms with E-state index in [1.165, 1.54) is 12.3 Å². The summed E-state index contributed by atoms with van der Waals surface area (Å²) in [4.78, 5) is 0. The average Bonchev–Trinajstić information content (AvgIpc) is 2.35. The van der Waals surface area contributed by atoms with Crippen molar-refractivity contribution in [2.75, 3.05) is 0 Å². The highest BCUT2D eigenvalue weighted by Crippen LogP contribution is 2.15. The van der Waals surface area contributed by atoms with Gasteiger partial charge in [0.2, 0.25) is 0 Å². The molecule has 56 valence electrons. The topological polar surface area (TPSA) is 17.8 Å². The molecular formula is C8H7FN2. The zero-order chi connectivity index (χ0) is 7.84. The first kappa shape index (κ1) is 6.34. The summed E-state index contributed by atoms with van der Waals surface area (Å²) in [6.45, 7) is 0. The lowest BCUT2D eigenvalue weighted by Crippen LogP contribution is -1.88. The van der Waals surface area contributed by atoms with Crippen LogP contribution in [0.5, 0.6) is 0 Å². The number of fused-ring (bicyclic) bond motifs is 1. The Balaban J connectivity index is 2.94. The summed E-state index contributed by atoms with van der Waals surface area (Å²) in [6, 6.07) is 4.95. The summed E-state index contributed by atoms with van der Waals surface area (Å²) < 4.78 is 14.6. The molecule has 1 aromatic carbocycles. The fourth-order valence-corrected chi connectivity index (χ4v) is 1.14. The molecule has 0 saturated carbocycles. The second-order valence-electron chi connectivity index (χ2n) is 2.44. The Morgan fingerprint density at radius 3 is 3.00 bits per heavy atom. The van der Waals surface area contributed by atoms with E-state index in [4.69, 9.17) is 0 Å². The minimum absolute atomic E-state index is 0.212. The van der Waals surface area contributed by atoms with Gasteiger partial charge in [0.1, 0.15) is 5.82 Å². The van der Waals surface area contributed by atoms with Gasteiger partial charge in [-0.25, -0.2) is 4.39 Å². The van der Waals surface area contributed by atoms with Crippen molar-refractivity contribution in [1.29, 1.82) is 0 Å². The molecule has 11 heavy (non-hydrogen) atoms. The van der Waals surface area contributed by atoms with Crippen LogP contribution >= 0.6 is 0 Å². The first-order valence-corrected chi connectivity index (χ1v) is 3.35. The predicted octanol–water partition coefficient (Wildman–Crippen LogP) is 1.71. The number of nitrogens with zero attached hydrogens (tertiary/aromatic N) is 2. The van der Waals surface area contributed by atoms with E-state index in [2.05, 4.69) is 5.10 Å². The number of aryl methyl sites for hydroxylation is 1. The van der Waals surface area contributed by atoms with Gasteiger partial charge in [-0.15, -0.1) is 0 Å². The Hall–Kier alpha value is -1.38. The molecule has 1 heterocycles. The number of halogens is 1. The maximum absolute atomic E-state index is 12.9. The summed E-state index contributed by atoms with van der Waals surface area (Å²) in [7, 11) is 1.79. The molecule has 0 aliphatic heterocycles. The molecule has 0 atom stereocenters. The van der Waals surface area contributed by atoms with Crippen molar-refractivity contribution in [2.24, 2.45) is 7.05 Å². The van der Waals surface area contributed by atoms with Gasteiger partial charge in [0, 0.05) is 7.05 Å². The number of benzene rings is 1. The quantitative estimate of drug-likeness (QED) is 0.559. The Kier molecular flexibility index (Phi) is 1.18. The van der Waals surface area contributed by atoms with Crippen LogP contribution in [0.3, 0.4) is 0 Å². The van der Waals surface area contributed by atoms with Crippen molar-refractivity contribution < 1.29 is 4.39 Å². The fourth-order valence-electron chi connectivity index (χ4n) is 1.14. The molecule has 0 spiro atoms. The number of rotatable bonds is 0. The fraction of sp³-hybridized carbons (Fsp3) is 0.125. The third-order valence-electron chi connectivity index (χ3n) is 1.74. The standard InChI is InChI=1S/C8H7FN2/c1-11-8-4-2-3-7(9)6(8)5-10-11/h2-5H,1H3. The predicted molar refractivity (Wildman–Crippen MR) is 40.7 cm³/mol. The van der Waals surface area contributed by atoms with Crippen LogP contribution in [0.1, 0.15) is 0 Å². The highest BCUT2D eigenvalue weighted by atomic mass is 19.1. The lowest BCUT2D eigenvalue weighted by Gasteiger charge is -1.92. The zero-order valence-electron chi connectivity index (χ0n) is 6.08. The Morgan fingerprint density at radius 2 is 2.27 bits per heavy atom. The van der Waals surface area contributed by atoms with Gasteiger partial charge in [0.05, 0.1) is 17.1 Å². The van der Waals surface area contributed by atoms with Gasteiger partial charge in [-0.3, -0.25) is 4.68 Å². The molecule has 0 saturated heterocycles. The molecule has 0 fully saturated rings. The smallest absolute Gasteiger partial charge is 0.134 e. The van der Waals surface area contributed by atoms with Crippen molar-refractivity contribution in [3.8, 4) is 0 Å². The summed E-state index contributed by atoms with van der Waals surface area (Å²) in [5, 5.41) is 4.51. The lowest BCUT2D eigenvalue weighted by atomic mass is 10.2. The van der Waals surface area contributed by atoms with Crippen LogP contribution in [0.25, 0.3) is 10.9 Å². The lowest BCUT2D eigenvalue weighted by molar-refractivity contribution is 0.640. The van der Waals surface area contributed by atoms with Crippen molar-refractivity contribution in [1.82, 2.24) is 9.78 Å². The van der Waals surface area contributed by atoms with Gasteiger partial charge < -0.3 is 0 Å². The Labute approximate surface area is 63.3 Å². The normalized spacial score (nSPS) is 10.7. The van der Waals surface area contributed by atoms with Crippen LogP contribution in [0.15, 0.2) is 24.4 Å². The third-order valence-corrected chi connectivity index (χ3v) is 1.74. The monoisotopic (exact) mass is 150 g/mol. The molecule has 0 N–H and O–H groups in total. The highest BCUT2D eigenvalue weighted by molar-refractivity contribution is 5.78. The van der Waals surface area contributed by atoms with Crippen molar-refractivity contribution in [3.63, 3.8) is 0 Å². The maximum Gasteiger partial charge on any atom is 0.134 e. The van der Waals surface area contributed by atoms with E-state index in [0.717, 1.165) is 5.52 Å². The summed E-state index contributed by atoms with van der Waals surface area (Å²) >= 11 is 0. The minimum Gasteiger partial charge on any atom is -0.268 e. The van der Waals surface area contributed by atoms with E-state index in [1.807, 2.05) is 6.07 Å². The largest absolute Gasteiger partial charge is 0.268 e. The molecule has 1 aromatic heterocycles. The van der Waals surface area contributed by atoms with E-state index in [9.17, 15) is 4.39 Å². The van der Waals surface area contributed by atoms with Gasteiger partial charge in [-0.1, -0.05) is 6.07 Å². The van der Waals surface area contributed by atoms with E-state index < -0.39 is 0 Å². The Bertz CT molecular complexity index is 392. The second-order valence-corrected chi connectivity index (χ2v) is 2.44. The molecule has 2 aromatic rings.